The fraction of sp³-hybridized carbons (Fsp3) is 0.484. The number of carboxylic acid groups (broad SMARTS) is 2. The molecular formula is C31H41N3O7. The highest BCUT2D eigenvalue weighted by Gasteiger charge is 2.31. The zero-order chi connectivity index (χ0) is 30.0. The standard InChI is InChI=1S/C29H39N3O3.C2H2O4/c1-5-35-21-20-32-26-9-7-6-8-25(26)30-27(32)23-15-18-31(19-16-23)17-14-22-10-12-24(13-11-22)29(2,3)28(33)34-4;3-1(4)2(5)6/h6-13,23H,5,14-21H2,1-4H3;(H,3,4)(H,5,6). The molecule has 3 aromatic rings. The van der Waals surface area contributed by atoms with Crippen LogP contribution in [0.1, 0.15) is 56.5 Å². The number of fused-ring (bicyclic) bond motifs is 1. The van der Waals surface area contributed by atoms with E-state index in [0.29, 0.717) is 5.92 Å². The van der Waals surface area contributed by atoms with Crippen molar-refractivity contribution in [2.75, 3.05) is 40.0 Å². The summed E-state index contributed by atoms with van der Waals surface area (Å²) < 4.78 is 13.0. The van der Waals surface area contributed by atoms with Gasteiger partial charge in [0.25, 0.3) is 0 Å². The normalized spacial score (nSPS) is 14.3. The van der Waals surface area contributed by atoms with Gasteiger partial charge in [0.05, 0.1) is 30.2 Å². The Balaban J connectivity index is 0.000000696. The quantitative estimate of drug-likeness (QED) is 0.211. The lowest BCUT2D eigenvalue weighted by Gasteiger charge is -2.32. The molecule has 1 aromatic heterocycles. The number of para-hydroxylation sites is 2. The average molecular weight is 568 g/mol. The van der Waals surface area contributed by atoms with Gasteiger partial charge in [0.15, 0.2) is 0 Å². The SMILES string of the molecule is CCOCCn1c(C2CCN(CCc3ccc(C(C)(C)C(=O)OC)cc3)CC2)nc2ccccc21.O=C(O)C(=O)O. The first kappa shape index (κ1) is 31.8. The van der Waals surface area contributed by atoms with Gasteiger partial charge in [-0.15, -0.1) is 0 Å². The van der Waals surface area contributed by atoms with Crippen LogP contribution in [0.4, 0.5) is 0 Å². The Labute approximate surface area is 240 Å². The molecule has 2 N–H and O–H groups in total. The van der Waals surface area contributed by atoms with Crippen LogP contribution in [0.3, 0.4) is 0 Å². The summed E-state index contributed by atoms with van der Waals surface area (Å²) in [5, 5.41) is 14.8. The Morgan fingerprint density at radius 2 is 1.61 bits per heavy atom. The number of carboxylic acids is 2. The van der Waals surface area contributed by atoms with Gasteiger partial charge < -0.3 is 29.2 Å². The minimum absolute atomic E-state index is 0.209. The topological polar surface area (TPSA) is 131 Å². The molecule has 0 amide bonds. The molecule has 2 heterocycles. The second-order valence-electron chi connectivity index (χ2n) is 10.6. The number of likely N-dealkylation sites (tertiary alicyclic amines) is 1. The van der Waals surface area contributed by atoms with Crippen LogP contribution in [-0.2, 0) is 42.2 Å². The van der Waals surface area contributed by atoms with Gasteiger partial charge in [0.1, 0.15) is 5.82 Å². The number of carbonyl (C=O) groups excluding carboxylic acids is 1. The Morgan fingerprint density at radius 3 is 2.20 bits per heavy atom. The first-order valence-corrected chi connectivity index (χ1v) is 14.0. The maximum absolute atomic E-state index is 12.1. The van der Waals surface area contributed by atoms with E-state index in [1.807, 2.05) is 20.8 Å². The lowest BCUT2D eigenvalue weighted by Crippen LogP contribution is -2.35. The van der Waals surface area contributed by atoms with Crippen molar-refractivity contribution in [3.63, 3.8) is 0 Å². The lowest BCUT2D eigenvalue weighted by molar-refractivity contribution is -0.159. The van der Waals surface area contributed by atoms with E-state index in [1.165, 1.54) is 24.0 Å². The number of imidazole rings is 1. The number of aromatic nitrogens is 2. The molecular weight excluding hydrogens is 526 g/mol. The molecule has 4 rings (SSSR count). The summed E-state index contributed by atoms with van der Waals surface area (Å²) in [6.45, 7) is 11.4. The molecule has 0 atom stereocenters. The summed E-state index contributed by atoms with van der Waals surface area (Å²) >= 11 is 0. The van der Waals surface area contributed by atoms with Crippen LogP contribution in [0.2, 0.25) is 0 Å². The van der Waals surface area contributed by atoms with Gasteiger partial charge in [-0.3, -0.25) is 4.79 Å². The molecule has 41 heavy (non-hydrogen) atoms. The number of ether oxygens (including phenoxy) is 2. The van der Waals surface area contributed by atoms with Gasteiger partial charge in [-0.1, -0.05) is 36.4 Å². The maximum Gasteiger partial charge on any atom is 0.414 e. The van der Waals surface area contributed by atoms with E-state index in [9.17, 15) is 4.79 Å². The first-order valence-electron chi connectivity index (χ1n) is 14.0. The fourth-order valence-electron chi connectivity index (χ4n) is 5.10. The molecule has 10 heteroatoms. The number of rotatable bonds is 10. The number of methoxy groups -OCH3 is 1. The fourth-order valence-corrected chi connectivity index (χ4v) is 5.10. The Kier molecular flexibility index (Phi) is 11.4. The van der Waals surface area contributed by atoms with E-state index in [0.717, 1.165) is 69.7 Å². The minimum atomic E-state index is -1.82. The molecule has 0 saturated carbocycles. The van der Waals surface area contributed by atoms with E-state index >= 15 is 0 Å². The van der Waals surface area contributed by atoms with Crippen LogP contribution in [0.15, 0.2) is 48.5 Å². The highest BCUT2D eigenvalue weighted by atomic mass is 16.5. The molecule has 1 aliphatic heterocycles. The third-order valence-electron chi connectivity index (χ3n) is 7.57. The predicted octanol–water partition coefficient (Wildman–Crippen LogP) is 4.10. The molecule has 1 saturated heterocycles. The summed E-state index contributed by atoms with van der Waals surface area (Å²) in [4.78, 5) is 37.9. The van der Waals surface area contributed by atoms with Crippen molar-refractivity contribution in [2.45, 2.75) is 57.9 Å². The van der Waals surface area contributed by atoms with E-state index in [4.69, 9.17) is 34.3 Å². The third-order valence-corrected chi connectivity index (χ3v) is 7.57. The largest absolute Gasteiger partial charge is 0.473 e. The molecule has 0 aliphatic carbocycles. The average Bonchev–Trinajstić information content (AvgIpc) is 3.35. The van der Waals surface area contributed by atoms with Crippen molar-refractivity contribution >= 4 is 28.9 Å². The number of carbonyl (C=O) groups is 3. The summed E-state index contributed by atoms with van der Waals surface area (Å²) in [6, 6.07) is 16.9. The van der Waals surface area contributed by atoms with Gasteiger partial charge in [-0.05, 0) is 76.4 Å². The number of esters is 1. The number of piperidine rings is 1. The summed E-state index contributed by atoms with van der Waals surface area (Å²) in [7, 11) is 1.44. The molecule has 0 unspecified atom stereocenters. The van der Waals surface area contributed by atoms with E-state index < -0.39 is 17.4 Å². The summed E-state index contributed by atoms with van der Waals surface area (Å²) in [5.74, 6) is -2.15. The molecule has 0 bridgehead atoms. The molecule has 222 valence electrons. The van der Waals surface area contributed by atoms with Crippen LogP contribution in [0.5, 0.6) is 0 Å². The number of nitrogens with zero attached hydrogens (tertiary/aromatic N) is 3. The smallest absolute Gasteiger partial charge is 0.414 e. The first-order chi connectivity index (χ1) is 19.6. The number of hydrogen-bond acceptors (Lipinski definition) is 7. The van der Waals surface area contributed by atoms with Crippen molar-refractivity contribution in [1.82, 2.24) is 14.5 Å². The minimum Gasteiger partial charge on any atom is -0.473 e. The number of hydrogen-bond donors (Lipinski definition) is 2. The predicted molar refractivity (Wildman–Crippen MR) is 155 cm³/mol. The Hall–Kier alpha value is -3.76. The molecule has 0 radical (unpaired) electrons. The second kappa shape index (κ2) is 14.7. The van der Waals surface area contributed by atoms with Crippen molar-refractivity contribution < 1.29 is 34.1 Å². The van der Waals surface area contributed by atoms with Crippen molar-refractivity contribution in [3.8, 4) is 0 Å². The highest BCUT2D eigenvalue weighted by Crippen LogP contribution is 2.30. The van der Waals surface area contributed by atoms with Crippen LogP contribution < -0.4 is 0 Å². The monoisotopic (exact) mass is 567 g/mol. The van der Waals surface area contributed by atoms with Gasteiger partial charge in [-0.2, -0.15) is 0 Å². The van der Waals surface area contributed by atoms with Crippen molar-refractivity contribution in [2.24, 2.45) is 0 Å². The van der Waals surface area contributed by atoms with Crippen LogP contribution in [0, 0.1) is 0 Å². The van der Waals surface area contributed by atoms with Crippen LogP contribution in [0.25, 0.3) is 11.0 Å². The highest BCUT2D eigenvalue weighted by molar-refractivity contribution is 6.27. The summed E-state index contributed by atoms with van der Waals surface area (Å²) in [5.41, 5.74) is 3.95. The molecule has 1 fully saturated rings. The Morgan fingerprint density at radius 1 is 0.976 bits per heavy atom. The number of aliphatic carboxylic acids is 2. The molecule has 2 aromatic carbocycles. The van der Waals surface area contributed by atoms with Gasteiger partial charge >= 0.3 is 17.9 Å². The third kappa shape index (κ3) is 8.37. The summed E-state index contributed by atoms with van der Waals surface area (Å²) in [6.07, 6.45) is 3.27. The van der Waals surface area contributed by atoms with Gasteiger partial charge in [-0.25, -0.2) is 14.6 Å². The van der Waals surface area contributed by atoms with E-state index in [1.54, 1.807) is 0 Å². The molecule has 1 aliphatic rings. The van der Waals surface area contributed by atoms with Crippen molar-refractivity contribution in [1.29, 1.82) is 0 Å². The maximum atomic E-state index is 12.1. The Bertz CT molecular complexity index is 1300. The van der Waals surface area contributed by atoms with E-state index in [2.05, 4.69) is 58.0 Å². The molecule has 0 spiro atoms. The van der Waals surface area contributed by atoms with Gasteiger partial charge in [0, 0.05) is 25.6 Å². The zero-order valence-electron chi connectivity index (χ0n) is 24.3. The van der Waals surface area contributed by atoms with Gasteiger partial charge in [0.2, 0.25) is 0 Å². The molecule has 10 nitrogen and oxygen atoms in total. The zero-order valence-corrected chi connectivity index (χ0v) is 24.3. The lowest BCUT2D eigenvalue weighted by atomic mass is 9.84. The van der Waals surface area contributed by atoms with Crippen LogP contribution in [-0.4, -0.2) is 82.5 Å². The van der Waals surface area contributed by atoms with Crippen molar-refractivity contribution in [3.05, 3.63) is 65.5 Å². The van der Waals surface area contributed by atoms with Crippen LogP contribution >= 0.6 is 0 Å². The van der Waals surface area contributed by atoms with E-state index in [-0.39, 0.29) is 5.97 Å². The number of benzene rings is 2. The second-order valence-corrected chi connectivity index (χ2v) is 10.6.